The number of nitrogens with one attached hydrogen (secondary N) is 1. The molecule has 2 aromatic carbocycles. The molecule has 0 aliphatic rings. The van der Waals surface area contributed by atoms with Crippen molar-refractivity contribution in [3.05, 3.63) is 76.0 Å². The minimum Gasteiger partial charge on any atom is -0.296 e. The van der Waals surface area contributed by atoms with Gasteiger partial charge in [-0.2, -0.15) is 0 Å². The van der Waals surface area contributed by atoms with Crippen molar-refractivity contribution in [3.63, 3.8) is 0 Å². The molecule has 0 spiro atoms. The molecule has 0 amide bonds. The summed E-state index contributed by atoms with van der Waals surface area (Å²) in [6.45, 7) is 7.83. The lowest BCUT2D eigenvalue weighted by molar-refractivity contribution is 0.584. The molecule has 172 valence electrons. The third-order valence-corrected chi connectivity index (χ3v) is 6.25. The number of hydrogen-bond acceptors (Lipinski definition) is 4. The van der Waals surface area contributed by atoms with E-state index in [9.17, 15) is 4.79 Å². The molecule has 0 saturated carbocycles. The lowest BCUT2D eigenvalue weighted by atomic mass is 9.98. The van der Waals surface area contributed by atoms with Gasteiger partial charge in [-0.05, 0) is 53.3 Å². The van der Waals surface area contributed by atoms with Gasteiger partial charge in [-0.25, -0.2) is 9.89 Å². The highest BCUT2D eigenvalue weighted by Gasteiger charge is 2.17. The molecule has 0 aliphatic heterocycles. The zero-order chi connectivity index (χ0) is 23.2. The molecule has 2 aromatic heterocycles. The van der Waals surface area contributed by atoms with E-state index in [1.54, 1.807) is 0 Å². The number of aromatic nitrogens is 6. The van der Waals surface area contributed by atoms with Crippen LogP contribution < -0.4 is 5.69 Å². The van der Waals surface area contributed by atoms with Crippen LogP contribution in [0.1, 0.15) is 56.5 Å². The lowest BCUT2D eigenvalue weighted by Crippen LogP contribution is -2.26. The molecule has 0 unspecified atom stereocenters. The summed E-state index contributed by atoms with van der Waals surface area (Å²) in [5.41, 5.74) is 6.62. The Morgan fingerprint density at radius 1 is 0.909 bits per heavy atom. The van der Waals surface area contributed by atoms with Gasteiger partial charge in [0.15, 0.2) is 5.82 Å². The topological polar surface area (TPSA) is 81.4 Å². The number of imidazole rings is 1. The van der Waals surface area contributed by atoms with Crippen LogP contribution in [0.25, 0.3) is 22.5 Å². The van der Waals surface area contributed by atoms with E-state index in [0.29, 0.717) is 12.4 Å². The highest BCUT2D eigenvalue weighted by Crippen LogP contribution is 2.29. The summed E-state index contributed by atoms with van der Waals surface area (Å²) in [6.07, 6.45) is 5.24. The first-order chi connectivity index (χ1) is 16.1. The van der Waals surface area contributed by atoms with Crippen molar-refractivity contribution in [1.82, 2.24) is 29.8 Å². The minimum absolute atomic E-state index is 0.110. The molecule has 0 aliphatic carbocycles. The number of aromatic amines is 1. The predicted octanol–water partition coefficient (Wildman–Crippen LogP) is 5.00. The van der Waals surface area contributed by atoms with Crippen molar-refractivity contribution in [1.29, 1.82) is 0 Å². The second-order valence-corrected chi connectivity index (χ2v) is 8.50. The third-order valence-electron chi connectivity index (χ3n) is 6.25. The van der Waals surface area contributed by atoms with Gasteiger partial charge in [-0.15, -0.1) is 5.10 Å². The molecular formula is C26H32N6O. The summed E-state index contributed by atoms with van der Waals surface area (Å²) in [5.74, 6) is 0.644. The summed E-state index contributed by atoms with van der Waals surface area (Å²) in [7, 11) is 0. The Balaban J connectivity index is 1.64. The van der Waals surface area contributed by atoms with Gasteiger partial charge in [-0.3, -0.25) is 9.13 Å². The van der Waals surface area contributed by atoms with Crippen LogP contribution in [0.5, 0.6) is 0 Å². The van der Waals surface area contributed by atoms with Gasteiger partial charge in [0.25, 0.3) is 0 Å². The fraction of sp³-hybridized carbons (Fsp3) is 0.385. The van der Waals surface area contributed by atoms with Crippen molar-refractivity contribution < 1.29 is 0 Å². The number of H-pyrrole nitrogens is 1. The molecule has 1 N–H and O–H groups in total. The molecule has 4 aromatic rings. The molecular weight excluding hydrogens is 412 g/mol. The molecule has 0 radical (unpaired) electrons. The summed E-state index contributed by atoms with van der Waals surface area (Å²) >= 11 is 0. The SMILES string of the molecule is CCCCc1c(C)n(CCCC)c(=O)n1Cc1ccc(-c2ccccc2-c2nnn[nH]2)cc1. The zero-order valence-corrected chi connectivity index (χ0v) is 19.7. The number of hydrogen-bond donors (Lipinski definition) is 1. The first-order valence-corrected chi connectivity index (χ1v) is 11.8. The number of rotatable bonds is 10. The van der Waals surface area contributed by atoms with Crippen LogP contribution in [0.4, 0.5) is 0 Å². The van der Waals surface area contributed by atoms with E-state index in [-0.39, 0.29) is 5.69 Å². The Kier molecular flexibility index (Phi) is 7.17. The van der Waals surface area contributed by atoms with Gasteiger partial charge in [0.2, 0.25) is 0 Å². The molecule has 0 atom stereocenters. The molecule has 7 heteroatoms. The monoisotopic (exact) mass is 444 g/mol. The van der Waals surface area contributed by atoms with Crippen molar-refractivity contribution in [3.8, 4) is 22.5 Å². The average Bonchev–Trinajstić information content (AvgIpc) is 3.45. The first kappa shape index (κ1) is 22.7. The van der Waals surface area contributed by atoms with Crippen LogP contribution >= 0.6 is 0 Å². The average molecular weight is 445 g/mol. The Labute approximate surface area is 194 Å². The van der Waals surface area contributed by atoms with E-state index in [0.717, 1.165) is 66.6 Å². The lowest BCUT2D eigenvalue weighted by Gasteiger charge is -2.10. The van der Waals surface area contributed by atoms with E-state index < -0.39 is 0 Å². The summed E-state index contributed by atoms with van der Waals surface area (Å²) < 4.78 is 3.94. The molecule has 0 saturated heterocycles. The van der Waals surface area contributed by atoms with Gasteiger partial charge in [-0.1, -0.05) is 75.2 Å². The summed E-state index contributed by atoms with van der Waals surface area (Å²) in [6, 6.07) is 16.5. The van der Waals surface area contributed by atoms with E-state index in [4.69, 9.17) is 0 Å². The van der Waals surface area contributed by atoms with Crippen LogP contribution in [-0.4, -0.2) is 29.8 Å². The second kappa shape index (κ2) is 10.4. The maximum atomic E-state index is 13.3. The first-order valence-electron chi connectivity index (χ1n) is 11.8. The fourth-order valence-electron chi connectivity index (χ4n) is 4.35. The van der Waals surface area contributed by atoms with Gasteiger partial charge in [0.05, 0.1) is 6.54 Å². The van der Waals surface area contributed by atoms with Gasteiger partial charge in [0, 0.05) is 23.5 Å². The zero-order valence-electron chi connectivity index (χ0n) is 19.7. The molecule has 4 rings (SSSR count). The fourth-order valence-corrected chi connectivity index (χ4v) is 4.35. The standard InChI is InChI=1S/C26H32N6O/c1-4-6-12-24-19(3)31(17-7-5-2)26(33)32(24)18-20-13-15-21(16-14-20)22-10-8-9-11-23(22)25-27-29-30-28-25/h8-11,13-16H,4-7,12,17-18H2,1-3H3,(H,27,28,29,30). The van der Waals surface area contributed by atoms with Crippen LogP contribution in [0.15, 0.2) is 53.3 Å². The van der Waals surface area contributed by atoms with Crippen molar-refractivity contribution >= 4 is 0 Å². The van der Waals surface area contributed by atoms with Crippen molar-refractivity contribution in [2.24, 2.45) is 0 Å². The van der Waals surface area contributed by atoms with Gasteiger partial charge in [0.1, 0.15) is 0 Å². The normalized spacial score (nSPS) is 11.2. The Morgan fingerprint density at radius 2 is 1.64 bits per heavy atom. The Morgan fingerprint density at radius 3 is 2.30 bits per heavy atom. The molecule has 7 nitrogen and oxygen atoms in total. The Hall–Kier alpha value is -3.48. The molecule has 2 heterocycles. The smallest absolute Gasteiger partial charge is 0.296 e. The van der Waals surface area contributed by atoms with Crippen LogP contribution in [0.2, 0.25) is 0 Å². The number of nitrogens with zero attached hydrogens (tertiary/aromatic N) is 5. The summed E-state index contributed by atoms with van der Waals surface area (Å²) in [5, 5.41) is 14.3. The van der Waals surface area contributed by atoms with E-state index in [2.05, 4.69) is 71.7 Å². The highest BCUT2D eigenvalue weighted by atomic mass is 16.1. The second-order valence-electron chi connectivity index (χ2n) is 8.50. The maximum absolute atomic E-state index is 13.3. The van der Waals surface area contributed by atoms with Crippen LogP contribution in [0.3, 0.4) is 0 Å². The van der Waals surface area contributed by atoms with Crippen molar-refractivity contribution in [2.75, 3.05) is 0 Å². The largest absolute Gasteiger partial charge is 0.328 e. The predicted molar refractivity (Wildman–Crippen MR) is 131 cm³/mol. The van der Waals surface area contributed by atoms with E-state index in [1.807, 2.05) is 27.3 Å². The quantitative estimate of drug-likeness (QED) is 0.373. The third kappa shape index (κ3) is 4.82. The van der Waals surface area contributed by atoms with Crippen molar-refractivity contribution in [2.45, 2.75) is 66.0 Å². The van der Waals surface area contributed by atoms with E-state index in [1.165, 1.54) is 5.69 Å². The highest BCUT2D eigenvalue weighted by molar-refractivity contribution is 5.80. The number of benzene rings is 2. The van der Waals surface area contributed by atoms with Gasteiger partial charge >= 0.3 is 5.69 Å². The maximum Gasteiger partial charge on any atom is 0.328 e. The number of unbranched alkanes of at least 4 members (excludes halogenated alkanes) is 2. The van der Waals surface area contributed by atoms with Crippen LogP contribution in [0, 0.1) is 6.92 Å². The number of tetrazole rings is 1. The molecule has 0 fully saturated rings. The summed E-state index contributed by atoms with van der Waals surface area (Å²) in [4.78, 5) is 13.3. The minimum atomic E-state index is 0.110. The van der Waals surface area contributed by atoms with E-state index >= 15 is 0 Å². The Bertz CT molecular complexity index is 1240. The molecule has 0 bridgehead atoms. The van der Waals surface area contributed by atoms with Gasteiger partial charge < -0.3 is 0 Å². The molecule has 33 heavy (non-hydrogen) atoms. The van der Waals surface area contributed by atoms with Crippen LogP contribution in [-0.2, 0) is 19.5 Å².